The highest BCUT2D eigenvalue weighted by atomic mass is 16.6. The molecule has 0 amide bonds. The van der Waals surface area contributed by atoms with E-state index in [2.05, 4.69) is 15.5 Å². The van der Waals surface area contributed by atoms with Crippen LogP contribution < -0.4 is 5.73 Å². The molecule has 1 atom stereocenters. The Kier molecular flexibility index (Phi) is 3.39. The summed E-state index contributed by atoms with van der Waals surface area (Å²) in [5, 5.41) is 11.8. The predicted octanol–water partition coefficient (Wildman–Crippen LogP) is 0.338. The van der Waals surface area contributed by atoms with Gasteiger partial charge in [-0.05, 0) is 22.6 Å². The van der Waals surface area contributed by atoms with Crippen LogP contribution in [0.3, 0.4) is 0 Å². The number of aromatic nitrogens is 4. The van der Waals surface area contributed by atoms with E-state index in [0.29, 0.717) is 37.9 Å². The van der Waals surface area contributed by atoms with Crippen molar-refractivity contribution in [2.45, 2.75) is 12.6 Å². The molecule has 0 spiro atoms. The summed E-state index contributed by atoms with van der Waals surface area (Å²) >= 11 is 0. The van der Waals surface area contributed by atoms with Crippen molar-refractivity contribution in [2.24, 2.45) is 0 Å². The Morgan fingerprint density at radius 2 is 2.32 bits per heavy atom. The summed E-state index contributed by atoms with van der Waals surface area (Å²) in [6.45, 7) is 2.39. The van der Waals surface area contributed by atoms with E-state index in [1.54, 1.807) is 4.68 Å². The lowest BCUT2D eigenvalue weighted by Gasteiger charge is -2.22. The molecule has 1 aromatic heterocycles. The highest BCUT2D eigenvalue weighted by Crippen LogP contribution is 2.19. The van der Waals surface area contributed by atoms with E-state index in [9.17, 15) is 0 Å². The second-order valence-corrected chi connectivity index (χ2v) is 4.38. The van der Waals surface area contributed by atoms with Gasteiger partial charge in [-0.2, -0.15) is 0 Å². The van der Waals surface area contributed by atoms with Crippen molar-refractivity contribution >= 4 is 5.69 Å². The topological polar surface area (TPSA) is 88.1 Å². The first-order valence-corrected chi connectivity index (χ1v) is 6.14. The van der Waals surface area contributed by atoms with Crippen LogP contribution in [0.5, 0.6) is 0 Å². The molecule has 1 unspecified atom stereocenters. The van der Waals surface area contributed by atoms with Crippen molar-refractivity contribution in [1.82, 2.24) is 20.2 Å². The first kappa shape index (κ1) is 12.1. The summed E-state index contributed by atoms with van der Waals surface area (Å²) in [5.74, 6) is 0.682. The van der Waals surface area contributed by atoms with Gasteiger partial charge in [0.15, 0.2) is 5.82 Å². The van der Waals surface area contributed by atoms with E-state index in [1.165, 1.54) is 0 Å². The molecule has 0 saturated carbocycles. The lowest BCUT2D eigenvalue weighted by molar-refractivity contribution is -0.0946. The number of anilines is 1. The van der Waals surface area contributed by atoms with Crippen LogP contribution in [0, 0.1) is 0 Å². The molecular formula is C12H15N5O2. The highest BCUT2D eigenvalue weighted by Gasteiger charge is 2.18. The van der Waals surface area contributed by atoms with Gasteiger partial charge in [0.2, 0.25) is 0 Å². The summed E-state index contributed by atoms with van der Waals surface area (Å²) in [6.07, 6.45) is -0.0166. The van der Waals surface area contributed by atoms with Crippen LogP contribution in [0.25, 0.3) is 11.4 Å². The molecule has 0 bridgehead atoms. The second kappa shape index (κ2) is 5.33. The quantitative estimate of drug-likeness (QED) is 0.801. The van der Waals surface area contributed by atoms with E-state index < -0.39 is 0 Å². The van der Waals surface area contributed by atoms with Gasteiger partial charge in [-0.25, -0.2) is 4.68 Å². The molecule has 1 fully saturated rings. The molecule has 2 N–H and O–H groups in total. The molecule has 1 aliphatic heterocycles. The monoisotopic (exact) mass is 261 g/mol. The molecule has 2 heterocycles. The van der Waals surface area contributed by atoms with Gasteiger partial charge in [-0.1, -0.05) is 12.1 Å². The van der Waals surface area contributed by atoms with Crippen LogP contribution >= 0.6 is 0 Å². The van der Waals surface area contributed by atoms with Gasteiger partial charge in [0, 0.05) is 11.3 Å². The molecule has 100 valence electrons. The Morgan fingerprint density at radius 3 is 3.11 bits per heavy atom. The van der Waals surface area contributed by atoms with Gasteiger partial charge in [-0.15, -0.1) is 5.10 Å². The lowest BCUT2D eigenvalue weighted by Crippen LogP contribution is -2.32. The van der Waals surface area contributed by atoms with Crippen LogP contribution in [0.4, 0.5) is 5.69 Å². The largest absolute Gasteiger partial charge is 0.399 e. The number of nitrogen functional groups attached to an aromatic ring is 1. The number of nitrogens with two attached hydrogens (primary N) is 1. The minimum absolute atomic E-state index is 0.0166. The standard InChI is InChI=1S/C12H15N5O2/c13-10-3-1-2-9(6-10)12-14-15-16-17(12)7-11-8-18-4-5-19-11/h1-3,6,11H,4-5,7-8,13H2. The van der Waals surface area contributed by atoms with Crippen LogP contribution in [0.15, 0.2) is 24.3 Å². The van der Waals surface area contributed by atoms with Gasteiger partial charge in [-0.3, -0.25) is 0 Å². The smallest absolute Gasteiger partial charge is 0.182 e. The third kappa shape index (κ3) is 2.72. The molecule has 1 saturated heterocycles. The zero-order valence-corrected chi connectivity index (χ0v) is 10.4. The van der Waals surface area contributed by atoms with Gasteiger partial charge in [0.05, 0.1) is 26.4 Å². The zero-order valence-electron chi connectivity index (χ0n) is 10.4. The van der Waals surface area contributed by atoms with Gasteiger partial charge in [0.1, 0.15) is 6.10 Å². The molecule has 0 aliphatic carbocycles. The van der Waals surface area contributed by atoms with Crippen LogP contribution in [-0.4, -0.2) is 46.1 Å². The summed E-state index contributed by atoms with van der Waals surface area (Å²) in [4.78, 5) is 0. The first-order chi connectivity index (χ1) is 9.33. The molecule has 2 aromatic rings. The molecule has 0 radical (unpaired) electrons. The van der Waals surface area contributed by atoms with Crippen molar-refractivity contribution in [3.05, 3.63) is 24.3 Å². The highest BCUT2D eigenvalue weighted by molar-refractivity contribution is 5.60. The van der Waals surface area contributed by atoms with E-state index >= 15 is 0 Å². The number of benzene rings is 1. The van der Waals surface area contributed by atoms with Crippen LogP contribution in [0.1, 0.15) is 0 Å². The molecule has 19 heavy (non-hydrogen) atoms. The Balaban J connectivity index is 1.81. The normalized spacial score (nSPS) is 19.5. The predicted molar refractivity (Wildman–Crippen MR) is 68.2 cm³/mol. The fraction of sp³-hybridized carbons (Fsp3) is 0.417. The summed E-state index contributed by atoms with van der Waals surface area (Å²) in [5.41, 5.74) is 7.35. The van der Waals surface area contributed by atoms with E-state index in [1.807, 2.05) is 24.3 Å². The summed E-state index contributed by atoms with van der Waals surface area (Å²) in [7, 11) is 0. The number of hydrogen-bond donors (Lipinski definition) is 1. The number of hydrogen-bond acceptors (Lipinski definition) is 6. The molecule has 3 rings (SSSR count). The van der Waals surface area contributed by atoms with E-state index in [4.69, 9.17) is 15.2 Å². The Hall–Kier alpha value is -1.99. The molecule has 1 aromatic carbocycles. The van der Waals surface area contributed by atoms with Crippen molar-refractivity contribution in [1.29, 1.82) is 0 Å². The van der Waals surface area contributed by atoms with Crippen molar-refractivity contribution < 1.29 is 9.47 Å². The number of rotatable bonds is 3. The number of ether oxygens (including phenoxy) is 2. The molecule has 1 aliphatic rings. The Bertz CT molecular complexity index is 551. The van der Waals surface area contributed by atoms with Crippen molar-refractivity contribution in [3.63, 3.8) is 0 Å². The minimum atomic E-state index is -0.0166. The van der Waals surface area contributed by atoms with Crippen molar-refractivity contribution in [2.75, 3.05) is 25.6 Å². The summed E-state index contributed by atoms with van der Waals surface area (Å²) in [6, 6.07) is 7.48. The second-order valence-electron chi connectivity index (χ2n) is 4.38. The average Bonchev–Trinajstić information content (AvgIpc) is 2.88. The maximum atomic E-state index is 5.78. The maximum absolute atomic E-state index is 5.78. The fourth-order valence-corrected chi connectivity index (χ4v) is 2.05. The van der Waals surface area contributed by atoms with Crippen LogP contribution in [-0.2, 0) is 16.0 Å². The maximum Gasteiger partial charge on any atom is 0.182 e. The average molecular weight is 261 g/mol. The summed E-state index contributed by atoms with van der Waals surface area (Å²) < 4.78 is 12.7. The van der Waals surface area contributed by atoms with Gasteiger partial charge >= 0.3 is 0 Å². The van der Waals surface area contributed by atoms with E-state index in [-0.39, 0.29) is 6.10 Å². The lowest BCUT2D eigenvalue weighted by atomic mass is 10.2. The number of nitrogens with zero attached hydrogens (tertiary/aromatic N) is 4. The zero-order chi connectivity index (χ0) is 13.1. The van der Waals surface area contributed by atoms with Crippen LogP contribution in [0.2, 0.25) is 0 Å². The molecule has 7 nitrogen and oxygen atoms in total. The Morgan fingerprint density at radius 1 is 1.37 bits per heavy atom. The van der Waals surface area contributed by atoms with E-state index in [0.717, 1.165) is 5.56 Å². The number of tetrazole rings is 1. The van der Waals surface area contributed by atoms with Gasteiger partial charge in [0.25, 0.3) is 0 Å². The Labute approximate surface area is 110 Å². The molecule has 7 heteroatoms. The SMILES string of the molecule is Nc1cccc(-c2nnnn2CC2COCCO2)c1. The van der Waals surface area contributed by atoms with Gasteiger partial charge < -0.3 is 15.2 Å². The minimum Gasteiger partial charge on any atom is -0.399 e. The first-order valence-electron chi connectivity index (χ1n) is 6.14. The fourth-order valence-electron chi connectivity index (χ4n) is 2.05. The third-order valence-corrected chi connectivity index (χ3v) is 2.94. The van der Waals surface area contributed by atoms with Crippen molar-refractivity contribution in [3.8, 4) is 11.4 Å². The third-order valence-electron chi connectivity index (χ3n) is 2.94. The molecular weight excluding hydrogens is 246 g/mol.